The second kappa shape index (κ2) is 3.53. The van der Waals surface area contributed by atoms with Crippen LogP contribution in [0.1, 0.15) is 40.0 Å². The Kier molecular flexibility index (Phi) is 3.03. The van der Waals surface area contributed by atoms with Crippen LogP contribution in [0.4, 0.5) is 0 Å². The minimum absolute atomic E-state index is 0.436. The minimum atomic E-state index is 0.436. The monoisotopic (exact) mass is 230 g/mol. The van der Waals surface area contributed by atoms with Gasteiger partial charge >= 0.3 is 0 Å². The van der Waals surface area contributed by atoms with Gasteiger partial charge in [0, 0.05) is 5.33 Å². The molecule has 0 aromatic carbocycles. The molecule has 0 radical (unpaired) electrons. The Labute approximate surface area is 84.6 Å². The molecule has 0 aromatic rings. The van der Waals surface area contributed by atoms with Crippen LogP contribution in [0.15, 0.2) is 12.2 Å². The van der Waals surface area contributed by atoms with Crippen LogP contribution in [0.2, 0.25) is 0 Å². The van der Waals surface area contributed by atoms with Gasteiger partial charge in [0.1, 0.15) is 0 Å². The molecule has 0 aromatic heterocycles. The van der Waals surface area contributed by atoms with E-state index in [9.17, 15) is 0 Å². The van der Waals surface area contributed by atoms with Crippen LogP contribution in [0, 0.1) is 10.8 Å². The number of hydrogen-bond acceptors (Lipinski definition) is 0. The van der Waals surface area contributed by atoms with Crippen molar-refractivity contribution in [3.63, 3.8) is 0 Å². The van der Waals surface area contributed by atoms with Gasteiger partial charge in [0.2, 0.25) is 0 Å². The molecule has 0 saturated heterocycles. The maximum absolute atomic E-state index is 3.51. The molecule has 0 aliphatic heterocycles. The summed E-state index contributed by atoms with van der Waals surface area (Å²) in [5.41, 5.74) is 0.894. The van der Waals surface area contributed by atoms with Gasteiger partial charge in [-0.05, 0) is 30.1 Å². The molecule has 0 saturated carbocycles. The maximum atomic E-state index is 3.51. The third-order valence-electron chi connectivity index (χ3n) is 2.94. The Hall–Kier alpha value is 0.220. The maximum Gasteiger partial charge on any atom is 0.00394 e. The van der Waals surface area contributed by atoms with Crippen LogP contribution < -0.4 is 0 Å². The first-order valence-electron chi connectivity index (χ1n) is 4.74. The van der Waals surface area contributed by atoms with Crippen molar-refractivity contribution >= 4 is 15.9 Å². The predicted octanol–water partition coefficient (Wildman–Crippen LogP) is 4.15. The topological polar surface area (TPSA) is 0 Å². The third kappa shape index (κ3) is 2.62. The Morgan fingerprint density at radius 2 is 1.83 bits per heavy atom. The molecule has 0 N–H and O–H groups in total. The highest BCUT2D eigenvalue weighted by molar-refractivity contribution is 9.09. The summed E-state index contributed by atoms with van der Waals surface area (Å²) in [6.07, 6.45) is 8.73. The fourth-order valence-corrected chi connectivity index (χ4v) is 2.53. The lowest BCUT2D eigenvalue weighted by atomic mass is 9.70. The molecule has 0 spiro atoms. The first-order chi connectivity index (χ1) is 5.47. The van der Waals surface area contributed by atoms with Crippen molar-refractivity contribution in [3.8, 4) is 0 Å². The molecule has 0 nitrogen and oxygen atoms in total. The molecule has 1 atom stereocenters. The van der Waals surface area contributed by atoms with E-state index in [0.29, 0.717) is 10.8 Å². The fourth-order valence-electron chi connectivity index (χ4n) is 1.63. The van der Waals surface area contributed by atoms with E-state index in [1.165, 1.54) is 19.3 Å². The normalized spacial score (nSPS) is 33.7. The van der Waals surface area contributed by atoms with Gasteiger partial charge in [-0.1, -0.05) is 48.9 Å². The second-order valence-electron chi connectivity index (χ2n) is 4.91. The first-order valence-corrected chi connectivity index (χ1v) is 5.86. The Balaban J connectivity index is 2.63. The number of hydrogen-bond donors (Lipinski definition) is 0. The third-order valence-corrected chi connectivity index (χ3v) is 3.34. The van der Waals surface area contributed by atoms with E-state index in [0.717, 1.165) is 5.33 Å². The number of alkyl halides is 1. The van der Waals surface area contributed by atoms with Gasteiger partial charge in [0.25, 0.3) is 0 Å². The number of allylic oxidation sites excluding steroid dienone is 2. The molecule has 0 heterocycles. The van der Waals surface area contributed by atoms with Crippen LogP contribution >= 0.6 is 15.9 Å². The van der Waals surface area contributed by atoms with Crippen molar-refractivity contribution in [3.05, 3.63) is 12.2 Å². The summed E-state index contributed by atoms with van der Waals surface area (Å²) in [6.45, 7) is 6.99. The molecule has 70 valence electrons. The molecule has 1 aliphatic carbocycles. The largest absolute Gasteiger partial charge is 0.0928 e. The summed E-state index contributed by atoms with van der Waals surface area (Å²) in [6, 6.07) is 0. The van der Waals surface area contributed by atoms with E-state index in [2.05, 4.69) is 48.9 Å². The summed E-state index contributed by atoms with van der Waals surface area (Å²) in [7, 11) is 0. The molecule has 0 amide bonds. The Morgan fingerprint density at radius 3 is 2.25 bits per heavy atom. The quantitative estimate of drug-likeness (QED) is 0.494. The van der Waals surface area contributed by atoms with E-state index in [4.69, 9.17) is 0 Å². The zero-order chi connectivity index (χ0) is 9.24. The van der Waals surface area contributed by atoms with Crippen molar-refractivity contribution in [2.24, 2.45) is 10.8 Å². The van der Waals surface area contributed by atoms with E-state index in [1.807, 2.05) is 0 Å². The Bertz CT molecular complexity index is 181. The molecular weight excluding hydrogens is 212 g/mol. The van der Waals surface area contributed by atoms with Crippen LogP contribution in [-0.4, -0.2) is 5.33 Å². The molecule has 12 heavy (non-hydrogen) atoms. The Morgan fingerprint density at radius 1 is 1.17 bits per heavy atom. The van der Waals surface area contributed by atoms with Gasteiger partial charge in [-0.15, -0.1) is 0 Å². The van der Waals surface area contributed by atoms with E-state index in [1.54, 1.807) is 0 Å². The second-order valence-corrected chi connectivity index (χ2v) is 5.71. The van der Waals surface area contributed by atoms with Gasteiger partial charge in [0.05, 0.1) is 0 Å². The van der Waals surface area contributed by atoms with Crippen molar-refractivity contribution in [1.82, 2.24) is 0 Å². The van der Waals surface area contributed by atoms with Gasteiger partial charge < -0.3 is 0 Å². The van der Waals surface area contributed by atoms with Crippen LogP contribution in [0.3, 0.4) is 0 Å². The first kappa shape index (κ1) is 10.3. The SMILES string of the molecule is CC1(C)C=CC(C)(CCBr)CC1. The van der Waals surface area contributed by atoms with Gasteiger partial charge in [0.15, 0.2) is 0 Å². The molecule has 1 aliphatic rings. The average Bonchev–Trinajstić information content (AvgIpc) is 1.98. The molecular formula is C11H19Br. The summed E-state index contributed by atoms with van der Waals surface area (Å²) < 4.78 is 0. The molecule has 0 bridgehead atoms. The fraction of sp³-hybridized carbons (Fsp3) is 0.818. The lowest BCUT2D eigenvalue weighted by Gasteiger charge is -2.35. The molecule has 0 fully saturated rings. The van der Waals surface area contributed by atoms with E-state index in [-0.39, 0.29) is 0 Å². The zero-order valence-corrected chi connectivity index (χ0v) is 9.95. The van der Waals surface area contributed by atoms with Gasteiger partial charge in [-0.3, -0.25) is 0 Å². The van der Waals surface area contributed by atoms with Crippen molar-refractivity contribution in [2.75, 3.05) is 5.33 Å². The standard InChI is InChI=1S/C11H19Br/c1-10(2)4-6-11(3,7-5-10)8-9-12/h4,6H,5,7-9H2,1-3H3. The minimum Gasteiger partial charge on any atom is -0.0928 e. The van der Waals surface area contributed by atoms with Crippen molar-refractivity contribution in [1.29, 1.82) is 0 Å². The van der Waals surface area contributed by atoms with Crippen LogP contribution in [-0.2, 0) is 0 Å². The summed E-state index contributed by atoms with van der Waals surface area (Å²) in [5, 5.41) is 1.12. The van der Waals surface area contributed by atoms with Gasteiger partial charge in [-0.25, -0.2) is 0 Å². The number of rotatable bonds is 2. The van der Waals surface area contributed by atoms with E-state index < -0.39 is 0 Å². The highest BCUT2D eigenvalue weighted by Gasteiger charge is 2.28. The van der Waals surface area contributed by atoms with Crippen molar-refractivity contribution < 1.29 is 0 Å². The summed E-state index contributed by atoms with van der Waals surface area (Å²) in [4.78, 5) is 0. The van der Waals surface area contributed by atoms with Gasteiger partial charge in [-0.2, -0.15) is 0 Å². The van der Waals surface area contributed by atoms with E-state index >= 15 is 0 Å². The predicted molar refractivity (Wildman–Crippen MR) is 58.7 cm³/mol. The smallest absolute Gasteiger partial charge is 0.00394 e. The summed E-state index contributed by atoms with van der Waals surface area (Å²) >= 11 is 3.51. The summed E-state index contributed by atoms with van der Waals surface area (Å²) in [5.74, 6) is 0. The molecule has 1 unspecified atom stereocenters. The number of halogens is 1. The highest BCUT2D eigenvalue weighted by atomic mass is 79.9. The van der Waals surface area contributed by atoms with Crippen LogP contribution in [0.25, 0.3) is 0 Å². The highest BCUT2D eigenvalue weighted by Crippen LogP contribution is 2.41. The molecule has 1 rings (SSSR count). The lowest BCUT2D eigenvalue weighted by molar-refractivity contribution is 0.274. The van der Waals surface area contributed by atoms with Crippen LogP contribution in [0.5, 0.6) is 0 Å². The zero-order valence-electron chi connectivity index (χ0n) is 8.36. The average molecular weight is 231 g/mol. The van der Waals surface area contributed by atoms with Crippen molar-refractivity contribution in [2.45, 2.75) is 40.0 Å². The molecule has 1 heteroatoms. The lowest BCUT2D eigenvalue weighted by Crippen LogP contribution is -2.23.